The van der Waals surface area contributed by atoms with E-state index < -0.39 is 85.5 Å². The first kappa shape index (κ1) is 63.0. The second kappa shape index (κ2) is 32.7. The van der Waals surface area contributed by atoms with E-state index >= 15 is 0 Å². The highest BCUT2D eigenvalue weighted by molar-refractivity contribution is 7.91. The van der Waals surface area contributed by atoms with Gasteiger partial charge in [-0.25, -0.2) is 16.8 Å². The molecule has 5 amide bonds. The van der Waals surface area contributed by atoms with Crippen LogP contribution in [0.4, 0.5) is 0 Å². The topological polar surface area (TPSA) is 321 Å². The zero-order chi connectivity index (χ0) is 52.2. The molecule has 0 spiro atoms. The number of carboxylic acid groups (broad SMARTS) is 1. The standard InChI is InChI=1S/C23H38N4O6S.C16H25N3O3.C7H14O4S/c1-6-11-18(26-22(30)19(27(4)7-2)15-34(5,32)33)21(29)23(31)24-14-20(28)25-16(3)17-12-9-8-10-13-17;1-3-7-13(17)15(21)16(22)18-10-14(20)19-11(2)12-8-5-4-6-9-12;1-3-4-6(7(8)9)5-12(2,10)11/h8-10,12-13,16,18-19,21,29H,6-7,11,14-15H2,1-5H3,(H,24,31)(H,25,28)(H,26,30);4-6,8-9,11,13,15,21H,3,7,10,17H2,1-2H3,(H,18,22)(H,19,20);6H,3-5H2,1-2H3,(H,8,9). The third-order valence-electron chi connectivity index (χ3n) is 10.4. The molecule has 8 unspecified atom stereocenters. The van der Waals surface area contributed by atoms with Crippen molar-refractivity contribution in [1.82, 2.24) is 31.5 Å². The summed E-state index contributed by atoms with van der Waals surface area (Å²) in [7, 11) is -4.99. The number of nitrogens with one attached hydrogen (secondary N) is 5. The molecule has 0 aromatic heterocycles. The van der Waals surface area contributed by atoms with Gasteiger partial charge in [0, 0.05) is 18.6 Å². The molecule has 0 bridgehead atoms. The van der Waals surface area contributed by atoms with Crippen molar-refractivity contribution in [3.05, 3.63) is 71.8 Å². The number of benzene rings is 2. The highest BCUT2D eigenvalue weighted by Crippen LogP contribution is 2.13. The Morgan fingerprint density at radius 1 is 0.618 bits per heavy atom. The van der Waals surface area contributed by atoms with Crippen LogP contribution in [-0.4, -0.2) is 154 Å². The van der Waals surface area contributed by atoms with Crippen molar-refractivity contribution >= 4 is 55.2 Å². The molecule has 0 heterocycles. The summed E-state index contributed by atoms with van der Waals surface area (Å²) in [5.74, 6) is -5.16. The number of sulfone groups is 2. The van der Waals surface area contributed by atoms with E-state index in [1.165, 1.54) is 0 Å². The Morgan fingerprint density at radius 2 is 1.03 bits per heavy atom. The van der Waals surface area contributed by atoms with Crippen molar-refractivity contribution in [2.24, 2.45) is 11.7 Å². The van der Waals surface area contributed by atoms with Crippen molar-refractivity contribution in [1.29, 1.82) is 0 Å². The number of aliphatic carboxylic acids is 1. The summed E-state index contributed by atoms with van der Waals surface area (Å²) in [6.07, 6.45) is 2.49. The van der Waals surface area contributed by atoms with E-state index in [4.69, 9.17) is 10.8 Å². The van der Waals surface area contributed by atoms with E-state index in [9.17, 15) is 55.8 Å². The number of carboxylic acids is 1. The number of aliphatic hydroxyl groups excluding tert-OH is 2. The smallest absolute Gasteiger partial charge is 0.307 e. The summed E-state index contributed by atoms with van der Waals surface area (Å²) >= 11 is 0. The molecule has 0 aliphatic rings. The number of carbonyl (C=O) groups excluding carboxylic acids is 5. The van der Waals surface area contributed by atoms with Crippen LogP contribution >= 0.6 is 0 Å². The van der Waals surface area contributed by atoms with Crippen LogP contribution in [-0.2, 0) is 48.4 Å². The van der Waals surface area contributed by atoms with Gasteiger partial charge in [-0.15, -0.1) is 0 Å². The van der Waals surface area contributed by atoms with Gasteiger partial charge in [-0.1, -0.05) is 108 Å². The van der Waals surface area contributed by atoms with E-state index in [-0.39, 0.29) is 42.6 Å². The van der Waals surface area contributed by atoms with Gasteiger partial charge < -0.3 is 47.6 Å². The predicted octanol–water partition coefficient (Wildman–Crippen LogP) is 0.991. The number of nitrogens with two attached hydrogens (primary N) is 1. The minimum absolute atomic E-state index is 0.155. The fourth-order valence-corrected chi connectivity index (χ4v) is 8.47. The molecule has 2 aromatic carbocycles. The van der Waals surface area contributed by atoms with Crippen LogP contribution in [0.1, 0.15) is 103 Å². The van der Waals surface area contributed by atoms with E-state index in [0.717, 1.165) is 30.1 Å². The zero-order valence-electron chi connectivity index (χ0n) is 40.9. The van der Waals surface area contributed by atoms with Gasteiger partial charge in [0.2, 0.25) is 17.7 Å². The number of likely N-dealkylation sites (N-methyl/N-ethyl adjacent to an activating group) is 1. The second-order valence-electron chi connectivity index (χ2n) is 16.7. The average molecular weight is 1000 g/mol. The van der Waals surface area contributed by atoms with Gasteiger partial charge in [-0.3, -0.25) is 33.7 Å². The van der Waals surface area contributed by atoms with Gasteiger partial charge in [-0.2, -0.15) is 0 Å². The summed E-state index contributed by atoms with van der Waals surface area (Å²) in [5.41, 5.74) is 7.57. The minimum Gasteiger partial charge on any atom is -0.481 e. The van der Waals surface area contributed by atoms with Gasteiger partial charge >= 0.3 is 5.97 Å². The van der Waals surface area contributed by atoms with Crippen molar-refractivity contribution in [2.75, 3.05) is 50.7 Å². The lowest BCUT2D eigenvalue weighted by Crippen LogP contribution is -2.56. The van der Waals surface area contributed by atoms with Crippen molar-refractivity contribution in [3.8, 4) is 0 Å². The second-order valence-corrected chi connectivity index (χ2v) is 21.0. The minimum atomic E-state index is -3.45. The Kier molecular flexibility index (Phi) is 30.3. The highest BCUT2D eigenvalue weighted by Gasteiger charge is 2.33. The molecule has 2 aromatic rings. The van der Waals surface area contributed by atoms with Gasteiger partial charge in [-0.05, 0) is 57.8 Å². The van der Waals surface area contributed by atoms with Crippen LogP contribution in [0, 0.1) is 5.92 Å². The third-order valence-corrected chi connectivity index (χ3v) is 12.3. The molecule has 386 valence electrons. The quantitative estimate of drug-likeness (QED) is 0.0603. The third kappa shape index (κ3) is 27.1. The summed E-state index contributed by atoms with van der Waals surface area (Å²) < 4.78 is 45.1. The lowest BCUT2D eigenvalue weighted by molar-refractivity contribution is -0.141. The first-order chi connectivity index (χ1) is 31.7. The maximum absolute atomic E-state index is 12.8. The number of rotatable bonds is 27. The fraction of sp³-hybridized carbons (Fsp3) is 0.609. The van der Waals surface area contributed by atoms with Gasteiger partial charge in [0.05, 0.1) is 48.6 Å². The van der Waals surface area contributed by atoms with Crippen LogP contribution in [0.3, 0.4) is 0 Å². The SMILES string of the molecule is CCCC(CS(C)(=O)=O)C(=O)O.CCCC(N)C(O)C(=O)NCC(=O)NC(C)c1ccccc1.CCCC(NC(=O)C(CS(C)(=O)=O)N(C)CC)C(O)C(=O)NCC(=O)NC(C)c1ccccc1. The summed E-state index contributed by atoms with van der Waals surface area (Å²) in [5, 5.41) is 41.8. The molecular formula is C46H77N7O13S2. The molecule has 2 rings (SSSR count). The van der Waals surface area contributed by atoms with E-state index in [2.05, 4.69) is 26.6 Å². The maximum atomic E-state index is 12.8. The molecule has 68 heavy (non-hydrogen) atoms. The fourth-order valence-electron chi connectivity index (χ4n) is 6.45. The molecule has 0 saturated carbocycles. The molecule has 10 N–H and O–H groups in total. The van der Waals surface area contributed by atoms with E-state index in [0.29, 0.717) is 38.6 Å². The Balaban J connectivity index is 0.00000112. The Hall–Kier alpha value is -5.00. The van der Waals surface area contributed by atoms with E-state index in [1.807, 2.05) is 95.3 Å². The largest absolute Gasteiger partial charge is 0.481 e. The van der Waals surface area contributed by atoms with Gasteiger partial charge in [0.15, 0.2) is 6.10 Å². The summed E-state index contributed by atoms with van der Waals surface area (Å²) in [6, 6.07) is 15.9. The highest BCUT2D eigenvalue weighted by atomic mass is 32.2. The van der Waals surface area contributed by atoms with Gasteiger partial charge in [0.1, 0.15) is 31.8 Å². The molecule has 0 fully saturated rings. The Labute approximate surface area is 402 Å². The molecule has 22 heteroatoms. The summed E-state index contributed by atoms with van der Waals surface area (Å²) in [4.78, 5) is 73.1. The first-order valence-electron chi connectivity index (χ1n) is 22.7. The first-order valence-corrected chi connectivity index (χ1v) is 26.8. The van der Waals surface area contributed by atoms with Crippen LogP contribution in [0.2, 0.25) is 0 Å². The number of nitrogens with zero attached hydrogens (tertiary/aromatic N) is 1. The normalized spacial score (nSPS) is 14.8. The molecule has 20 nitrogen and oxygen atoms in total. The van der Waals surface area contributed by atoms with Crippen molar-refractivity contribution in [2.45, 2.75) is 122 Å². The molecule has 0 aliphatic heterocycles. The average Bonchev–Trinajstić information content (AvgIpc) is 3.28. The van der Waals surface area contributed by atoms with E-state index in [1.54, 1.807) is 18.9 Å². The number of hydrogen-bond donors (Lipinski definition) is 9. The van der Waals surface area contributed by atoms with Crippen LogP contribution in [0.5, 0.6) is 0 Å². The molecule has 0 saturated heterocycles. The number of hydrogen-bond acceptors (Lipinski definition) is 14. The molecule has 8 atom stereocenters. The molecule has 0 aliphatic carbocycles. The number of aliphatic hydroxyl groups is 2. The van der Waals surface area contributed by atoms with Gasteiger partial charge in [0.25, 0.3) is 11.8 Å². The van der Waals surface area contributed by atoms with Crippen molar-refractivity contribution in [3.63, 3.8) is 0 Å². The monoisotopic (exact) mass is 1000 g/mol. The van der Waals surface area contributed by atoms with Crippen LogP contribution < -0.4 is 32.3 Å². The molecule has 0 radical (unpaired) electrons. The lowest BCUT2D eigenvalue weighted by atomic mass is 10.0. The lowest BCUT2D eigenvalue weighted by Gasteiger charge is -2.29. The summed E-state index contributed by atoms with van der Waals surface area (Å²) in [6.45, 7) is 11.0. The van der Waals surface area contributed by atoms with Crippen LogP contribution in [0.25, 0.3) is 0 Å². The Morgan fingerprint density at radius 3 is 1.40 bits per heavy atom. The zero-order valence-corrected chi connectivity index (χ0v) is 42.6. The number of amides is 5. The predicted molar refractivity (Wildman–Crippen MR) is 261 cm³/mol. The maximum Gasteiger partial charge on any atom is 0.307 e. The van der Waals surface area contributed by atoms with Crippen LogP contribution in [0.15, 0.2) is 60.7 Å². The van der Waals surface area contributed by atoms with Crippen molar-refractivity contribution < 1.29 is 60.9 Å². The Bertz CT molecular complexity index is 2060. The number of carbonyl (C=O) groups is 6. The molecular weight excluding hydrogens is 923 g/mol.